The summed E-state index contributed by atoms with van der Waals surface area (Å²) in [4.78, 5) is 2.33. The maximum atomic E-state index is 10.1. The smallest absolute Gasteiger partial charge is 0.139 e. The summed E-state index contributed by atoms with van der Waals surface area (Å²) in [5.41, 5.74) is 3.53. The van der Waals surface area contributed by atoms with Gasteiger partial charge in [0.15, 0.2) is 0 Å². The highest BCUT2D eigenvalue weighted by atomic mass is 35.5. The van der Waals surface area contributed by atoms with E-state index >= 15 is 0 Å². The second-order valence-corrected chi connectivity index (χ2v) is 5.97. The minimum Gasteiger partial charge on any atom is -0.506 e. The lowest BCUT2D eigenvalue weighted by atomic mass is 9.93. The molecule has 20 heavy (non-hydrogen) atoms. The van der Waals surface area contributed by atoms with E-state index in [1.54, 1.807) is 6.07 Å². The summed E-state index contributed by atoms with van der Waals surface area (Å²) in [6.45, 7) is 3.96. The molecule has 1 atom stereocenters. The zero-order chi connectivity index (χ0) is 14.1. The van der Waals surface area contributed by atoms with Crippen LogP contribution in [0.25, 0.3) is 0 Å². The summed E-state index contributed by atoms with van der Waals surface area (Å²) in [5.74, 6) is 0.816. The Morgan fingerprint density at radius 2 is 2.00 bits per heavy atom. The van der Waals surface area contributed by atoms with E-state index in [1.807, 2.05) is 12.1 Å². The van der Waals surface area contributed by atoms with Gasteiger partial charge >= 0.3 is 0 Å². The van der Waals surface area contributed by atoms with Gasteiger partial charge in [-0.3, -0.25) is 0 Å². The molecular weight excluding hydrogens is 270 g/mol. The number of anilines is 1. The normalized spacial score (nSPS) is 17.9. The molecule has 0 spiro atoms. The molecule has 2 nitrogen and oxygen atoms in total. The van der Waals surface area contributed by atoms with Crippen LogP contribution in [0, 0.1) is 5.92 Å². The predicted octanol–water partition coefficient (Wildman–Crippen LogP) is 4.24. The van der Waals surface area contributed by atoms with Crippen LogP contribution in [-0.2, 0) is 13.0 Å². The minimum atomic E-state index is 0.199. The molecule has 0 saturated heterocycles. The van der Waals surface area contributed by atoms with E-state index in [0.29, 0.717) is 17.5 Å². The number of phenols is 1. The Labute approximate surface area is 124 Å². The van der Waals surface area contributed by atoms with Crippen LogP contribution in [0.4, 0.5) is 5.69 Å². The molecule has 2 aromatic carbocycles. The second-order valence-electron chi connectivity index (χ2n) is 5.57. The number of benzene rings is 2. The van der Waals surface area contributed by atoms with Crippen molar-refractivity contribution < 1.29 is 5.11 Å². The molecule has 0 fully saturated rings. The summed E-state index contributed by atoms with van der Waals surface area (Å²) in [6, 6.07) is 14.0. The molecule has 0 bridgehead atoms. The Bertz CT molecular complexity index is 626. The van der Waals surface area contributed by atoms with E-state index in [0.717, 1.165) is 18.5 Å². The molecule has 0 radical (unpaired) electrons. The number of fused-ring (bicyclic) bond motifs is 1. The third kappa shape index (κ3) is 2.48. The monoisotopic (exact) mass is 287 g/mol. The van der Waals surface area contributed by atoms with E-state index in [9.17, 15) is 5.11 Å². The standard InChI is InChI=1S/C17H18ClNO/c1-12-9-13-5-2-3-8-16(13)19(10-12)11-14-6-4-7-15(18)17(14)20/h2-8,12,20H,9-11H2,1H3. The van der Waals surface area contributed by atoms with E-state index in [2.05, 4.69) is 36.1 Å². The molecular formula is C17H18ClNO. The third-order valence-electron chi connectivity index (χ3n) is 3.86. The van der Waals surface area contributed by atoms with Gasteiger partial charge in [0.2, 0.25) is 0 Å². The zero-order valence-electron chi connectivity index (χ0n) is 11.5. The number of aromatic hydroxyl groups is 1. The number of hydrogen-bond acceptors (Lipinski definition) is 2. The predicted molar refractivity (Wildman–Crippen MR) is 83.5 cm³/mol. The van der Waals surface area contributed by atoms with Crippen molar-refractivity contribution in [3.63, 3.8) is 0 Å². The van der Waals surface area contributed by atoms with Gasteiger partial charge in [-0.1, -0.05) is 48.9 Å². The van der Waals surface area contributed by atoms with Crippen molar-refractivity contribution in [1.29, 1.82) is 0 Å². The molecule has 2 aromatic rings. The Kier molecular flexibility index (Phi) is 3.58. The molecule has 1 aliphatic rings. The first-order chi connectivity index (χ1) is 9.65. The lowest BCUT2D eigenvalue weighted by Gasteiger charge is -2.35. The highest BCUT2D eigenvalue weighted by Gasteiger charge is 2.22. The van der Waals surface area contributed by atoms with Crippen molar-refractivity contribution >= 4 is 17.3 Å². The Morgan fingerprint density at radius 3 is 2.85 bits per heavy atom. The summed E-state index contributed by atoms with van der Waals surface area (Å²) >= 11 is 5.99. The van der Waals surface area contributed by atoms with Gasteiger partial charge in [-0.15, -0.1) is 0 Å². The molecule has 0 aromatic heterocycles. The highest BCUT2D eigenvalue weighted by molar-refractivity contribution is 6.32. The fourth-order valence-electron chi connectivity index (χ4n) is 2.95. The summed E-state index contributed by atoms with van der Waals surface area (Å²) in [7, 11) is 0. The van der Waals surface area contributed by atoms with Gasteiger partial charge < -0.3 is 10.0 Å². The van der Waals surface area contributed by atoms with Crippen LogP contribution in [0.15, 0.2) is 42.5 Å². The van der Waals surface area contributed by atoms with E-state index < -0.39 is 0 Å². The molecule has 3 rings (SSSR count). The Morgan fingerprint density at radius 1 is 1.20 bits per heavy atom. The quantitative estimate of drug-likeness (QED) is 0.893. The van der Waals surface area contributed by atoms with Gasteiger partial charge in [-0.2, -0.15) is 0 Å². The molecule has 1 N–H and O–H groups in total. The van der Waals surface area contributed by atoms with Crippen LogP contribution in [-0.4, -0.2) is 11.7 Å². The number of phenolic OH excluding ortho intramolecular Hbond substituents is 1. The number of rotatable bonds is 2. The molecule has 0 saturated carbocycles. The van der Waals surface area contributed by atoms with Crippen molar-refractivity contribution in [3.05, 3.63) is 58.6 Å². The Hall–Kier alpha value is -1.67. The van der Waals surface area contributed by atoms with Crippen molar-refractivity contribution in [1.82, 2.24) is 0 Å². The zero-order valence-corrected chi connectivity index (χ0v) is 12.3. The summed E-state index contributed by atoms with van der Waals surface area (Å²) in [5, 5.41) is 10.5. The molecule has 1 unspecified atom stereocenters. The van der Waals surface area contributed by atoms with Crippen molar-refractivity contribution in [3.8, 4) is 5.75 Å². The SMILES string of the molecule is CC1Cc2ccccc2N(Cc2cccc(Cl)c2O)C1. The van der Waals surface area contributed by atoms with E-state index in [4.69, 9.17) is 11.6 Å². The number of nitrogens with zero attached hydrogens (tertiary/aromatic N) is 1. The van der Waals surface area contributed by atoms with Crippen molar-refractivity contribution in [2.75, 3.05) is 11.4 Å². The number of halogens is 1. The van der Waals surface area contributed by atoms with Gasteiger partial charge in [0.05, 0.1) is 5.02 Å². The van der Waals surface area contributed by atoms with Gasteiger partial charge in [-0.05, 0) is 30.0 Å². The lowest BCUT2D eigenvalue weighted by molar-refractivity contribution is 0.463. The average molecular weight is 288 g/mol. The van der Waals surface area contributed by atoms with Crippen LogP contribution in [0.3, 0.4) is 0 Å². The average Bonchev–Trinajstić information content (AvgIpc) is 2.43. The highest BCUT2D eigenvalue weighted by Crippen LogP contribution is 2.33. The molecule has 0 amide bonds. The topological polar surface area (TPSA) is 23.5 Å². The van der Waals surface area contributed by atoms with Gasteiger partial charge in [-0.25, -0.2) is 0 Å². The maximum Gasteiger partial charge on any atom is 0.139 e. The third-order valence-corrected chi connectivity index (χ3v) is 4.17. The molecule has 104 valence electrons. The number of para-hydroxylation sites is 2. The van der Waals surface area contributed by atoms with Crippen molar-refractivity contribution in [2.24, 2.45) is 5.92 Å². The fraction of sp³-hybridized carbons (Fsp3) is 0.294. The minimum absolute atomic E-state index is 0.199. The van der Waals surface area contributed by atoms with Gasteiger partial charge in [0.25, 0.3) is 0 Å². The summed E-state index contributed by atoms with van der Waals surface area (Å²) < 4.78 is 0. The molecule has 0 aliphatic carbocycles. The first-order valence-corrected chi connectivity index (χ1v) is 7.32. The lowest BCUT2D eigenvalue weighted by Crippen LogP contribution is -2.33. The van der Waals surface area contributed by atoms with Gasteiger partial charge in [0, 0.05) is 24.3 Å². The van der Waals surface area contributed by atoms with E-state index in [1.165, 1.54) is 11.3 Å². The largest absolute Gasteiger partial charge is 0.506 e. The second kappa shape index (κ2) is 5.37. The first kappa shape index (κ1) is 13.3. The van der Waals surface area contributed by atoms with Crippen LogP contribution in [0.5, 0.6) is 5.75 Å². The van der Waals surface area contributed by atoms with Gasteiger partial charge in [0.1, 0.15) is 5.75 Å². The Balaban J connectivity index is 1.93. The van der Waals surface area contributed by atoms with Crippen LogP contribution >= 0.6 is 11.6 Å². The summed E-state index contributed by atoms with van der Waals surface area (Å²) in [6.07, 6.45) is 1.12. The van der Waals surface area contributed by atoms with E-state index in [-0.39, 0.29) is 5.75 Å². The van der Waals surface area contributed by atoms with Crippen LogP contribution in [0.1, 0.15) is 18.1 Å². The first-order valence-electron chi connectivity index (χ1n) is 6.94. The fourth-order valence-corrected chi connectivity index (χ4v) is 3.14. The van der Waals surface area contributed by atoms with Crippen LogP contribution in [0.2, 0.25) is 5.02 Å². The molecule has 1 heterocycles. The molecule has 3 heteroatoms. The van der Waals surface area contributed by atoms with Crippen molar-refractivity contribution in [2.45, 2.75) is 19.9 Å². The molecule has 1 aliphatic heterocycles. The van der Waals surface area contributed by atoms with Crippen LogP contribution < -0.4 is 4.90 Å². The maximum absolute atomic E-state index is 10.1. The number of hydrogen-bond donors (Lipinski definition) is 1.